The Balaban J connectivity index is 1.93. The lowest BCUT2D eigenvalue weighted by atomic mass is 9.97. The number of carbonyl (C=O) groups excluding carboxylic acids is 4. The Hall–Kier alpha value is -4.90. The first-order valence-electron chi connectivity index (χ1n) is 15.6. The highest BCUT2D eigenvalue weighted by molar-refractivity contribution is 5.87. The van der Waals surface area contributed by atoms with Crippen LogP contribution in [-0.2, 0) is 32.1 Å². The Labute approximate surface area is 276 Å². The van der Waals surface area contributed by atoms with Crippen LogP contribution < -0.4 is 16.4 Å². The van der Waals surface area contributed by atoms with Gasteiger partial charge in [0.25, 0.3) is 0 Å². The van der Waals surface area contributed by atoms with Crippen molar-refractivity contribution >= 4 is 24.0 Å². The van der Waals surface area contributed by atoms with Gasteiger partial charge in [-0.25, -0.2) is 9.59 Å². The van der Waals surface area contributed by atoms with Crippen molar-refractivity contribution in [3.63, 3.8) is 0 Å². The Bertz CT molecular complexity index is 1450. The van der Waals surface area contributed by atoms with Crippen LogP contribution in [0.5, 0.6) is 0 Å². The van der Waals surface area contributed by atoms with E-state index in [2.05, 4.69) is 10.6 Å². The molecule has 11 heteroatoms. The molecule has 0 unspecified atom stereocenters. The van der Waals surface area contributed by atoms with Crippen molar-refractivity contribution in [1.82, 2.24) is 15.5 Å². The van der Waals surface area contributed by atoms with Crippen LogP contribution in [0.25, 0.3) is 0 Å². The van der Waals surface area contributed by atoms with E-state index in [1.165, 1.54) is 0 Å². The number of aliphatic hydroxyl groups is 1. The summed E-state index contributed by atoms with van der Waals surface area (Å²) in [7, 11) is 0. The van der Waals surface area contributed by atoms with Crippen LogP contribution in [0.2, 0.25) is 0 Å². The molecule has 3 rings (SSSR count). The number of nitrogens with zero attached hydrogens (tertiary/aromatic N) is 1. The Morgan fingerprint density at radius 2 is 1.36 bits per heavy atom. The normalized spacial score (nSPS) is 13.9. The second-order valence-corrected chi connectivity index (χ2v) is 12.6. The maximum Gasteiger partial charge on any atom is 0.411 e. The third kappa shape index (κ3) is 11.8. The lowest BCUT2D eigenvalue weighted by molar-refractivity contribution is -0.127. The van der Waals surface area contributed by atoms with E-state index in [4.69, 9.17) is 15.2 Å². The van der Waals surface area contributed by atoms with Crippen LogP contribution in [0, 0.1) is 5.92 Å². The molecule has 0 saturated heterocycles. The molecule has 0 aliphatic carbocycles. The van der Waals surface area contributed by atoms with Crippen molar-refractivity contribution < 1.29 is 33.8 Å². The zero-order chi connectivity index (χ0) is 34.6. The first-order chi connectivity index (χ1) is 22.2. The topological polar surface area (TPSA) is 160 Å². The van der Waals surface area contributed by atoms with Crippen LogP contribution in [0.1, 0.15) is 57.4 Å². The van der Waals surface area contributed by atoms with Gasteiger partial charge in [0.05, 0.1) is 18.7 Å². The van der Waals surface area contributed by atoms with E-state index in [0.29, 0.717) is 5.56 Å². The minimum Gasteiger partial charge on any atom is -0.445 e. The van der Waals surface area contributed by atoms with Gasteiger partial charge in [-0.05, 0) is 49.8 Å². The molecule has 252 valence electrons. The van der Waals surface area contributed by atoms with E-state index in [1.807, 2.05) is 36.4 Å². The quantitative estimate of drug-likeness (QED) is 0.201. The molecule has 11 nitrogen and oxygen atoms in total. The Kier molecular flexibility index (Phi) is 13.3. The predicted molar refractivity (Wildman–Crippen MR) is 178 cm³/mol. The summed E-state index contributed by atoms with van der Waals surface area (Å²) in [4.78, 5) is 53.8. The molecule has 3 aromatic carbocycles. The summed E-state index contributed by atoms with van der Waals surface area (Å²) in [6, 6.07) is 23.4. The lowest BCUT2D eigenvalue weighted by Gasteiger charge is -2.34. The highest BCUT2D eigenvalue weighted by Crippen LogP contribution is 2.23. The summed E-state index contributed by atoms with van der Waals surface area (Å²) in [6.07, 6.45) is -2.86. The Morgan fingerprint density at radius 3 is 1.87 bits per heavy atom. The number of hydrogen-bond acceptors (Lipinski definition) is 7. The number of hydrogen-bond donors (Lipinski definition) is 4. The lowest BCUT2D eigenvalue weighted by Crippen LogP contribution is -2.57. The molecule has 4 atom stereocenters. The molecular weight excluding hydrogens is 600 g/mol. The van der Waals surface area contributed by atoms with Gasteiger partial charge < -0.3 is 30.9 Å². The number of benzene rings is 3. The largest absolute Gasteiger partial charge is 0.445 e. The molecule has 47 heavy (non-hydrogen) atoms. The number of alkyl carbamates (subject to hydrolysis) is 1. The summed E-state index contributed by atoms with van der Waals surface area (Å²) < 4.78 is 11.0. The summed E-state index contributed by atoms with van der Waals surface area (Å²) in [5.74, 6) is -1.72. The maximum absolute atomic E-state index is 13.7. The van der Waals surface area contributed by atoms with Crippen molar-refractivity contribution in [2.24, 2.45) is 11.7 Å². The van der Waals surface area contributed by atoms with Gasteiger partial charge >= 0.3 is 12.2 Å². The van der Waals surface area contributed by atoms with Gasteiger partial charge in [0, 0.05) is 0 Å². The monoisotopic (exact) mass is 646 g/mol. The van der Waals surface area contributed by atoms with E-state index in [9.17, 15) is 24.3 Å². The fraction of sp³-hybridized carbons (Fsp3) is 0.389. The third-order valence-corrected chi connectivity index (χ3v) is 7.23. The first-order valence-corrected chi connectivity index (χ1v) is 15.6. The summed E-state index contributed by atoms with van der Waals surface area (Å²) >= 11 is 0. The zero-order valence-corrected chi connectivity index (χ0v) is 27.6. The molecule has 0 aliphatic heterocycles. The van der Waals surface area contributed by atoms with Crippen LogP contribution in [0.15, 0.2) is 91.0 Å². The Morgan fingerprint density at radius 1 is 0.830 bits per heavy atom. The van der Waals surface area contributed by atoms with Crippen molar-refractivity contribution in [2.75, 3.05) is 6.54 Å². The number of aliphatic hydroxyl groups excluding tert-OH is 1. The second kappa shape index (κ2) is 17.1. The van der Waals surface area contributed by atoms with Crippen LogP contribution >= 0.6 is 0 Å². The smallest absolute Gasteiger partial charge is 0.411 e. The molecule has 0 heterocycles. The average molecular weight is 647 g/mol. The number of nitrogens with one attached hydrogen (secondary N) is 2. The molecule has 3 aromatic rings. The van der Waals surface area contributed by atoms with E-state index < -0.39 is 60.4 Å². The highest BCUT2D eigenvalue weighted by Gasteiger charge is 2.36. The van der Waals surface area contributed by atoms with Gasteiger partial charge in [-0.3, -0.25) is 14.5 Å². The van der Waals surface area contributed by atoms with E-state index in [1.54, 1.807) is 89.2 Å². The minimum atomic E-state index is -1.40. The average Bonchev–Trinajstić information content (AvgIpc) is 3.02. The standard InChI is InChI=1S/C36H46N4O7/c1-24(2)30(39-34(44)47-36(3,4)5)33(43)38-28(21-25-15-9-6-10-16-25)29(41)22-40(31(32(37)42)27-19-13-8-14-20-27)35(45)46-23-26-17-11-7-12-18-26/h6-20,24,28-31,41H,21-23H2,1-5H3,(H2,37,42)(H,38,43)(H,39,44)/t28-,29-,30-,31-/m0/s1. The molecule has 0 bridgehead atoms. The zero-order valence-electron chi connectivity index (χ0n) is 27.6. The van der Waals surface area contributed by atoms with Crippen LogP contribution in [-0.4, -0.2) is 64.3 Å². The minimum absolute atomic E-state index is 0.0802. The number of carbonyl (C=O) groups is 4. The van der Waals surface area contributed by atoms with Crippen LogP contribution in [0.3, 0.4) is 0 Å². The van der Waals surface area contributed by atoms with Crippen molar-refractivity contribution in [2.45, 2.75) is 77.5 Å². The van der Waals surface area contributed by atoms with Crippen molar-refractivity contribution in [3.05, 3.63) is 108 Å². The number of nitrogens with two attached hydrogens (primary N) is 1. The fourth-order valence-corrected chi connectivity index (χ4v) is 4.94. The summed E-state index contributed by atoms with van der Waals surface area (Å²) in [5.41, 5.74) is 7.01. The first kappa shape index (κ1) is 36.6. The van der Waals surface area contributed by atoms with E-state index >= 15 is 0 Å². The molecule has 4 amide bonds. The van der Waals surface area contributed by atoms with Gasteiger partial charge in [0.2, 0.25) is 11.8 Å². The van der Waals surface area contributed by atoms with Gasteiger partial charge in [-0.2, -0.15) is 0 Å². The molecule has 0 radical (unpaired) electrons. The molecule has 0 saturated carbocycles. The number of amides is 4. The summed E-state index contributed by atoms with van der Waals surface area (Å²) in [5, 5.41) is 17.2. The van der Waals surface area contributed by atoms with E-state index in [-0.39, 0.29) is 18.9 Å². The van der Waals surface area contributed by atoms with Crippen molar-refractivity contribution in [3.8, 4) is 0 Å². The summed E-state index contributed by atoms with van der Waals surface area (Å²) in [6.45, 7) is 8.19. The number of rotatable bonds is 14. The van der Waals surface area contributed by atoms with Crippen LogP contribution in [0.4, 0.5) is 9.59 Å². The number of ether oxygens (including phenoxy) is 2. The molecule has 0 aliphatic rings. The maximum atomic E-state index is 13.7. The molecular formula is C36H46N4O7. The van der Waals surface area contributed by atoms with Gasteiger partial charge in [0.15, 0.2) is 0 Å². The number of primary amides is 1. The fourth-order valence-electron chi connectivity index (χ4n) is 4.94. The predicted octanol–water partition coefficient (Wildman–Crippen LogP) is 4.49. The highest BCUT2D eigenvalue weighted by atomic mass is 16.6. The molecule has 5 N–H and O–H groups in total. The van der Waals surface area contributed by atoms with Gasteiger partial charge in [0.1, 0.15) is 24.3 Å². The molecule has 0 fully saturated rings. The molecule has 0 aromatic heterocycles. The van der Waals surface area contributed by atoms with Gasteiger partial charge in [-0.15, -0.1) is 0 Å². The third-order valence-electron chi connectivity index (χ3n) is 7.23. The van der Waals surface area contributed by atoms with Gasteiger partial charge in [-0.1, -0.05) is 105 Å². The van der Waals surface area contributed by atoms with Crippen molar-refractivity contribution in [1.29, 1.82) is 0 Å². The second-order valence-electron chi connectivity index (χ2n) is 12.6. The SMILES string of the molecule is CC(C)[C@H](NC(=O)OC(C)(C)C)C(=O)N[C@@H](Cc1ccccc1)[C@@H](O)CN(C(=O)OCc1ccccc1)[C@H](C(N)=O)c1ccccc1. The molecule has 0 spiro atoms. The van der Waals surface area contributed by atoms with E-state index in [0.717, 1.165) is 16.0 Å².